The number of esters is 1. The quantitative estimate of drug-likeness (QED) is 0.825. The van der Waals surface area contributed by atoms with Crippen LogP contribution in [0.3, 0.4) is 0 Å². The van der Waals surface area contributed by atoms with Gasteiger partial charge in [0.1, 0.15) is 5.58 Å². The Morgan fingerprint density at radius 2 is 1.96 bits per heavy atom. The third kappa shape index (κ3) is 4.25. The molecule has 0 radical (unpaired) electrons. The highest BCUT2D eigenvalue weighted by Crippen LogP contribution is 2.19. The van der Waals surface area contributed by atoms with Crippen molar-refractivity contribution in [1.82, 2.24) is 5.32 Å². The third-order valence-corrected chi connectivity index (χ3v) is 4.73. The Morgan fingerprint density at radius 3 is 2.69 bits per heavy atom. The van der Waals surface area contributed by atoms with Crippen molar-refractivity contribution in [1.29, 1.82) is 0 Å². The second kappa shape index (κ2) is 7.91. The zero-order valence-corrected chi connectivity index (χ0v) is 15.2. The average molecular weight is 378 g/mol. The van der Waals surface area contributed by atoms with Gasteiger partial charge in [-0.3, -0.25) is 9.59 Å². The summed E-state index contributed by atoms with van der Waals surface area (Å²) in [4.78, 5) is 36.6. The second-order valence-electron chi connectivity index (χ2n) is 6.51. The van der Waals surface area contributed by atoms with Crippen molar-refractivity contribution in [2.75, 3.05) is 0 Å². The highest BCUT2D eigenvalue weighted by Gasteiger charge is 2.24. The van der Waals surface area contributed by atoms with Gasteiger partial charge in [-0.15, -0.1) is 0 Å². The minimum Gasteiger partial charge on any atom is -0.449 e. The van der Waals surface area contributed by atoms with Crippen molar-refractivity contribution < 1.29 is 18.7 Å². The van der Waals surface area contributed by atoms with Crippen LogP contribution in [-0.4, -0.2) is 24.0 Å². The largest absolute Gasteiger partial charge is 0.449 e. The van der Waals surface area contributed by atoms with E-state index in [-0.39, 0.29) is 28.7 Å². The maximum Gasteiger partial charge on any atom is 0.375 e. The number of fused-ring (bicyclic) bond motifs is 1. The number of nitrogens with one attached hydrogen (secondary N) is 1. The van der Waals surface area contributed by atoms with Gasteiger partial charge in [-0.25, -0.2) is 4.79 Å². The Labute approximate surface area is 155 Å². The van der Waals surface area contributed by atoms with Crippen molar-refractivity contribution >= 4 is 34.4 Å². The van der Waals surface area contributed by atoms with Crippen LogP contribution >= 0.6 is 11.6 Å². The smallest absolute Gasteiger partial charge is 0.375 e. The average Bonchev–Trinajstić information content (AvgIpc) is 2.62. The standard InChI is InChI=1S/C19H20ClNO5/c1-11(18(23)21-13-5-3-2-4-6-13)25-19(24)17-10-15(22)14-9-12(20)7-8-16(14)26-17/h7-11,13H,2-6H2,1H3,(H,21,23)/t11-/m0/s1. The molecule has 138 valence electrons. The highest BCUT2D eigenvalue weighted by molar-refractivity contribution is 6.31. The van der Waals surface area contributed by atoms with E-state index >= 15 is 0 Å². The van der Waals surface area contributed by atoms with Crippen LogP contribution in [0.15, 0.2) is 33.5 Å². The molecule has 1 aromatic carbocycles. The van der Waals surface area contributed by atoms with E-state index in [0.29, 0.717) is 5.02 Å². The molecule has 26 heavy (non-hydrogen) atoms. The predicted octanol–water partition coefficient (Wildman–Crippen LogP) is 3.44. The second-order valence-corrected chi connectivity index (χ2v) is 6.94. The van der Waals surface area contributed by atoms with E-state index in [9.17, 15) is 14.4 Å². The van der Waals surface area contributed by atoms with E-state index in [1.807, 2.05) is 0 Å². The molecule has 1 saturated carbocycles. The lowest BCUT2D eigenvalue weighted by molar-refractivity contribution is -0.130. The van der Waals surface area contributed by atoms with Crippen LogP contribution in [-0.2, 0) is 9.53 Å². The van der Waals surface area contributed by atoms with E-state index in [4.69, 9.17) is 20.8 Å². The number of hydrogen-bond donors (Lipinski definition) is 1. The number of benzene rings is 1. The summed E-state index contributed by atoms with van der Waals surface area (Å²) in [5.74, 6) is -1.45. The molecule has 1 heterocycles. The minimum absolute atomic E-state index is 0.126. The molecule has 1 aliphatic rings. The molecule has 1 fully saturated rings. The maximum absolute atomic E-state index is 12.3. The number of ether oxygens (including phenoxy) is 1. The van der Waals surface area contributed by atoms with Gasteiger partial charge in [0.25, 0.3) is 5.91 Å². The summed E-state index contributed by atoms with van der Waals surface area (Å²) < 4.78 is 10.6. The number of carbonyl (C=O) groups is 2. The van der Waals surface area contributed by atoms with Crippen molar-refractivity contribution in [3.63, 3.8) is 0 Å². The molecule has 0 aliphatic heterocycles. The third-order valence-electron chi connectivity index (χ3n) is 4.49. The van der Waals surface area contributed by atoms with Crippen molar-refractivity contribution in [3.8, 4) is 0 Å². The summed E-state index contributed by atoms with van der Waals surface area (Å²) in [6, 6.07) is 5.71. The van der Waals surface area contributed by atoms with Crippen molar-refractivity contribution in [2.24, 2.45) is 0 Å². The molecular weight excluding hydrogens is 358 g/mol. The first-order valence-electron chi connectivity index (χ1n) is 8.69. The Bertz CT molecular complexity index is 885. The van der Waals surface area contributed by atoms with E-state index in [0.717, 1.165) is 31.7 Å². The molecule has 1 N–H and O–H groups in total. The first-order chi connectivity index (χ1) is 12.4. The van der Waals surface area contributed by atoms with Gasteiger partial charge in [0.15, 0.2) is 11.5 Å². The van der Waals surface area contributed by atoms with Crippen LogP contribution in [0.2, 0.25) is 5.02 Å². The van der Waals surface area contributed by atoms with Crippen LogP contribution in [0.5, 0.6) is 0 Å². The van der Waals surface area contributed by atoms with Gasteiger partial charge in [0, 0.05) is 17.1 Å². The van der Waals surface area contributed by atoms with Gasteiger partial charge >= 0.3 is 5.97 Å². The normalized spacial score (nSPS) is 16.2. The molecule has 0 spiro atoms. The van der Waals surface area contributed by atoms with Gasteiger partial charge in [0.05, 0.1) is 5.39 Å². The van der Waals surface area contributed by atoms with E-state index in [1.165, 1.54) is 25.5 Å². The lowest BCUT2D eigenvalue weighted by atomic mass is 9.95. The van der Waals surface area contributed by atoms with Crippen LogP contribution < -0.4 is 10.7 Å². The fourth-order valence-electron chi connectivity index (χ4n) is 3.07. The fourth-order valence-corrected chi connectivity index (χ4v) is 3.24. The zero-order valence-electron chi connectivity index (χ0n) is 14.4. The monoisotopic (exact) mass is 377 g/mol. The Balaban J connectivity index is 1.69. The number of halogens is 1. The molecule has 6 nitrogen and oxygen atoms in total. The molecule has 1 aromatic heterocycles. The van der Waals surface area contributed by atoms with Gasteiger partial charge in [-0.2, -0.15) is 0 Å². The summed E-state index contributed by atoms with van der Waals surface area (Å²) >= 11 is 5.86. The molecule has 7 heteroatoms. The molecule has 0 unspecified atom stereocenters. The first-order valence-corrected chi connectivity index (χ1v) is 9.06. The topological polar surface area (TPSA) is 85.6 Å². The van der Waals surface area contributed by atoms with E-state index in [2.05, 4.69) is 5.32 Å². The molecule has 1 amide bonds. The lowest BCUT2D eigenvalue weighted by Crippen LogP contribution is -2.42. The van der Waals surface area contributed by atoms with Gasteiger partial charge in [0.2, 0.25) is 5.76 Å². The molecule has 0 saturated heterocycles. The summed E-state index contributed by atoms with van der Waals surface area (Å²) in [6.45, 7) is 1.50. The summed E-state index contributed by atoms with van der Waals surface area (Å²) in [6.07, 6.45) is 4.26. The summed E-state index contributed by atoms with van der Waals surface area (Å²) in [5, 5.41) is 3.57. The summed E-state index contributed by atoms with van der Waals surface area (Å²) in [7, 11) is 0. The Morgan fingerprint density at radius 1 is 1.23 bits per heavy atom. The van der Waals surface area contributed by atoms with E-state index < -0.39 is 17.5 Å². The molecule has 3 rings (SSSR count). The Kier molecular flexibility index (Phi) is 5.61. The molecule has 0 bridgehead atoms. The summed E-state index contributed by atoms with van der Waals surface area (Å²) in [5.41, 5.74) is -0.173. The highest BCUT2D eigenvalue weighted by atomic mass is 35.5. The van der Waals surface area contributed by atoms with Crippen molar-refractivity contribution in [3.05, 3.63) is 45.3 Å². The first kappa shape index (κ1) is 18.5. The van der Waals surface area contributed by atoms with Gasteiger partial charge in [-0.05, 0) is 38.0 Å². The predicted molar refractivity (Wildman–Crippen MR) is 97.4 cm³/mol. The Hall–Kier alpha value is -2.34. The minimum atomic E-state index is -0.976. The fraction of sp³-hybridized carbons (Fsp3) is 0.421. The SMILES string of the molecule is C[C@H](OC(=O)c1cc(=O)c2cc(Cl)ccc2o1)C(=O)NC1CCCCC1. The molecular formula is C19H20ClNO5. The van der Waals surface area contributed by atoms with Crippen LogP contribution in [0, 0.1) is 0 Å². The maximum atomic E-state index is 12.3. The van der Waals surface area contributed by atoms with Crippen LogP contribution in [0.1, 0.15) is 49.6 Å². The molecule has 1 aliphatic carbocycles. The zero-order chi connectivity index (χ0) is 18.7. The van der Waals surface area contributed by atoms with Crippen LogP contribution in [0.4, 0.5) is 0 Å². The van der Waals surface area contributed by atoms with Crippen LogP contribution in [0.25, 0.3) is 11.0 Å². The lowest BCUT2D eigenvalue weighted by Gasteiger charge is -2.24. The van der Waals surface area contributed by atoms with Gasteiger partial charge in [-0.1, -0.05) is 30.9 Å². The number of carbonyl (C=O) groups excluding carboxylic acids is 2. The van der Waals surface area contributed by atoms with E-state index in [1.54, 1.807) is 6.07 Å². The number of amides is 1. The molecule has 2 aromatic rings. The molecule has 1 atom stereocenters. The van der Waals surface area contributed by atoms with Gasteiger partial charge < -0.3 is 14.5 Å². The number of rotatable bonds is 4. The number of hydrogen-bond acceptors (Lipinski definition) is 5. The van der Waals surface area contributed by atoms with Crippen molar-refractivity contribution in [2.45, 2.75) is 51.2 Å².